The van der Waals surface area contributed by atoms with E-state index in [1.54, 1.807) is 11.8 Å². The van der Waals surface area contributed by atoms with Crippen LogP contribution in [0.3, 0.4) is 0 Å². The first-order chi connectivity index (χ1) is 7.15. The van der Waals surface area contributed by atoms with E-state index in [9.17, 15) is 0 Å². The summed E-state index contributed by atoms with van der Waals surface area (Å²) < 4.78 is 1.11. The van der Waals surface area contributed by atoms with Crippen molar-refractivity contribution in [3.05, 3.63) is 28.2 Å². The first-order valence-electron chi connectivity index (χ1n) is 4.89. The summed E-state index contributed by atoms with van der Waals surface area (Å²) in [6, 6.07) is 6.22. The largest absolute Gasteiger partial charge is 0.335 e. The smallest absolute Gasteiger partial charge is 0.161 e. The number of anilines is 1. The predicted octanol–water partition coefficient (Wildman–Crippen LogP) is 3.66. The van der Waals surface area contributed by atoms with Gasteiger partial charge in [-0.1, -0.05) is 34.6 Å². The van der Waals surface area contributed by atoms with Gasteiger partial charge in [0.1, 0.15) is 0 Å². The van der Waals surface area contributed by atoms with Gasteiger partial charge in [-0.05, 0) is 30.7 Å². The first kappa shape index (κ1) is 11.0. The fraction of sp³-hybridized carbons (Fsp3) is 0.364. The molecule has 0 saturated heterocycles. The van der Waals surface area contributed by atoms with Gasteiger partial charge in [0.2, 0.25) is 0 Å². The van der Waals surface area contributed by atoms with Gasteiger partial charge in [0.25, 0.3) is 0 Å². The molecule has 1 N–H and O–H groups in total. The van der Waals surface area contributed by atoms with E-state index in [-0.39, 0.29) is 0 Å². The highest BCUT2D eigenvalue weighted by Crippen LogP contribution is 2.25. The highest BCUT2D eigenvalue weighted by atomic mass is 79.9. The van der Waals surface area contributed by atoms with Gasteiger partial charge in [-0.25, -0.2) is 0 Å². The Bertz CT molecular complexity index is 404. The van der Waals surface area contributed by atoms with E-state index in [1.165, 1.54) is 5.56 Å². The van der Waals surface area contributed by atoms with E-state index in [4.69, 9.17) is 0 Å². The Kier molecular flexibility index (Phi) is 3.36. The molecule has 1 atom stereocenters. The summed E-state index contributed by atoms with van der Waals surface area (Å²) in [4.78, 5) is 4.43. The van der Waals surface area contributed by atoms with Gasteiger partial charge in [-0.2, -0.15) is 0 Å². The fourth-order valence-electron chi connectivity index (χ4n) is 1.43. The molecule has 2 nitrogen and oxygen atoms in total. The molecule has 1 aliphatic heterocycles. The molecule has 0 saturated carbocycles. The maximum absolute atomic E-state index is 4.43. The molecule has 4 heteroatoms. The maximum atomic E-state index is 4.43. The van der Waals surface area contributed by atoms with Gasteiger partial charge >= 0.3 is 0 Å². The van der Waals surface area contributed by atoms with Crippen LogP contribution in [-0.2, 0) is 0 Å². The van der Waals surface area contributed by atoms with Gasteiger partial charge in [0, 0.05) is 15.4 Å². The van der Waals surface area contributed by atoms with E-state index in [2.05, 4.69) is 52.2 Å². The minimum Gasteiger partial charge on any atom is -0.335 e. The molecule has 0 amide bonds. The average Bonchev–Trinajstić information content (AvgIpc) is 2.56. The molecular weight excluding hydrogens is 272 g/mol. The summed E-state index contributed by atoms with van der Waals surface area (Å²) >= 11 is 5.26. The number of halogens is 1. The van der Waals surface area contributed by atoms with Crippen molar-refractivity contribution in [2.24, 2.45) is 4.99 Å². The molecule has 0 bridgehead atoms. The van der Waals surface area contributed by atoms with Crippen molar-refractivity contribution in [1.29, 1.82) is 0 Å². The molecule has 15 heavy (non-hydrogen) atoms. The van der Waals surface area contributed by atoms with Crippen molar-refractivity contribution in [2.45, 2.75) is 19.1 Å². The number of hydrogen-bond acceptors (Lipinski definition) is 3. The Labute approximate surface area is 103 Å². The summed E-state index contributed by atoms with van der Waals surface area (Å²) in [5, 5.41) is 4.99. The molecular formula is C11H13BrN2S. The number of aliphatic imine (C=N–C) groups is 1. The first-order valence-corrected chi connectivity index (χ1v) is 6.56. The summed E-state index contributed by atoms with van der Waals surface area (Å²) in [6.07, 6.45) is 0. The van der Waals surface area contributed by atoms with Crippen LogP contribution in [0.15, 0.2) is 27.7 Å². The van der Waals surface area contributed by atoms with Crippen LogP contribution in [-0.4, -0.2) is 17.0 Å². The number of aryl methyl sites for hydroxylation is 1. The quantitative estimate of drug-likeness (QED) is 0.851. The van der Waals surface area contributed by atoms with Crippen LogP contribution in [0.1, 0.15) is 12.5 Å². The highest BCUT2D eigenvalue weighted by molar-refractivity contribution is 9.10. The van der Waals surface area contributed by atoms with Crippen molar-refractivity contribution in [1.82, 2.24) is 0 Å². The molecule has 0 fully saturated rings. The lowest BCUT2D eigenvalue weighted by atomic mass is 10.2. The van der Waals surface area contributed by atoms with E-state index >= 15 is 0 Å². The number of nitrogens with zero attached hydrogens (tertiary/aromatic N) is 1. The monoisotopic (exact) mass is 284 g/mol. The number of rotatable bonds is 1. The lowest BCUT2D eigenvalue weighted by molar-refractivity contribution is 0.976. The van der Waals surface area contributed by atoms with Crippen LogP contribution in [0.5, 0.6) is 0 Å². The Balaban J connectivity index is 2.11. The van der Waals surface area contributed by atoms with Crippen molar-refractivity contribution in [2.75, 3.05) is 11.9 Å². The summed E-state index contributed by atoms with van der Waals surface area (Å²) in [5.74, 6) is 0. The van der Waals surface area contributed by atoms with Gasteiger partial charge < -0.3 is 5.32 Å². The third-order valence-corrected chi connectivity index (χ3v) is 3.73. The summed E-state index contributed by atoms with van der Waals surface area (Å²) in [6.45, 7) is 5.20. The zero-order valence-corrected chi connectivity index (χ0v) is 11.2. The molecule has 1 aliphatic rings. The van der Waals surface area contributed by atoms with Gasteiger partial charge in [0.05, 0.1) is 6.54 Å². The molecule has 1 aromatic carbocycles. The van der Waals surface area contributed by atoms with E-state index < -0.39 is 0 Å². The van der Waals surface area contributed by atoms with Crippen molar-refractivity contribution in [3.8, 4) is 0 Å². The van der Waals surface area contributed by atoms with Crippen LogP contribution in [0.25, 0.3) is 0 Å². The molecule has 80 valence electrons. The Morgan fingerprint density at radius 1 is 1.53 bits per heavy atom. The molecule has 0 aromatic heterocycles. The van der Waals surface area contributed by atoms with Crippen LogP contribution in [0.4, 0.5) is 5.69 Å². The molecule has 0 aliphatic carbocycles. The van der Waals surface area contributed by atoms with E-state index in [1.807, 2.05) is 6.07 Å². The third-order valence-electron chi connectivity index (χ3n) is 2.23. The van der Waals surface area contributed by atoms with Crippen LogP contribution >= 0.6 is 27.7 Å². The second-order valence-corrected chi connectivity index (χ2v) is 6.00. The second-order valence-electron chi connectivity index (χ2n) is 3.66. The van der Waals surface area contributed by atoms with Crippen LogP contribution < -0.4 is 5.32 Å². The Hall–Kier alpha value is -0.480. The summed E-state index contributed by atoms with van der Waals surface area (Å²) in [5.41, 5.74) is 2.37. The van der Waals surface area contributed by atoms with E-state index in [0.717, 1.165) is 21.9 Å². The zero-order valence-electron chi connectivity index (χ0n) is 8.75. The lowest BCUT2D eigenvalue weighted by Crippen LogP contribution is -2.07. The SMILES string of the molecule is Cc1cc(Br)ccc1NC1=NCC(C)S1. The van der Waals surface area contributed by atoms with Gasteiger partial charge in [-0.3, -0.25) is 4.99 Å². The minimum atomic E-state index is 0.600. The molecule has 1 heterocycles. The number of benzene rings is 1. The normalized spacial score (nSPS) is 20.2. The lowest BCUT2D eigenvalue weighted by Gasteiger charge is -2.09. The van der Waals surface area contributed by atoms with Gasteiger partial charge in [0.15, 0.2) is 5.17 Å². The molecule has 2 rings (SSSR count). The second kappa shape index (κ2) is 4.58. The third kappa shape index (κ3) is 2.75. The topological polar surface area (TPSA) is 24.4 Å². The highest BCUT2D eigenvalue weighted by Gasteiger charge is 2.15. The standard InChI is InChI=1S/C11H13BrN2S/c1-7-5-9(12)3-4-10(7)14-11-13-6-8(2)15-11/h3-5,8H,6H2,1-2H3,(H,13,14). The Morgan fingerprint density at radius 2 is 2.33 bits per heavy atom. The van der Waals surface area contributed by atoms with Crippen molar-refractivity contribution >= 4 is 38.5 Å². The number of thioether (sulfide) groups is 1. The van der Waals surface area contributed by atoms with Crippen LogP contribution in [0.2, 0.25) is 0 Å². The fourth-order valence-corrected chi connectivity index (χ4v) is 2.75. The van der Waals surface area contributed by atoms with Crippen molar-refractivity contribution < 1.29 is 0 Å². The zero-order chi connectivity index (χ0) is 10.8. The molecule has 1 unspecified atom stereocenters. The minimum absolute atomic E-state index is 0.600. The predicted molar refractivity (Wildman–Crippen MR) is 71.9 cm³/mol. The number of nitrogens with one attached hydrogen (secondary N) is 1. The number of amidine groups is 1. The molecule has 1 aromatic rings. The maximum Gasteiger partial charge on any atom is 0.161 e. The number of hydrogen-bond donors (Lipinski definition) is 1. The van der Waals surface area contributed by atoms with Crippen LogP contribution in [0, 0.1) is 6.92 Å². The molecule has 0 spiro atoms. The van der Waals surface area contributed by atoms with E-state index in [0.29, 0.717) is 5.25 Å². The van der Waals surface area contributed by atoms with Gasteiger partial charge in [-0.15, -0.1) is 0 Å². The Morgan fingerprint density at radius 3 is 2.93 bits per heavy atom. The van der Waals surface area contributed by atoms with Crippen molar-refractivity contribution in [3.63, 3.8) is 0 Å². The average molecular weight is 285 g/mol. The summed E-state index contributed by atoms with van der Waals surface area (Å²) in [7, 11) is 0. The molecule has 0 radical (unpaired) electrons.